The Morgan fingerprint density at radius 2 is 2.00 bits per heavy atom. The molecule has 0 bridgehead atoms. The highest BCUT2D eigenvalue weighted by Crippen LogP contribution is 2.10. The van der Waals surface area contributed by atoms with Crippen LogP contribution in [0.4, 0.5) is 0 Å². The van der Waals surface area contributed by atoms with E-state index in [4.69, 9.17) is 5.73 Å². The maximum absolute atomic E-state index is 9.29. The Hall–Kier alpha value is -0.860. The Morgan fingerprint density at radius 1 is 1.27 bits per heavy atom. The minimum Gasteiger partial charge on any atom is -0.393 e. The average molecular weight is 207 g/mol. The largest absolute Gasteiger partial charge is 0.393 e. The molecule has 1 atom stereocenters. The summed E-state index contributed by atoms with van der Waals surface area (Å²) in [7, 11) is 0. The van der Waals surface area contributed by atoms with Gasteiger partial charge in [0.25, 0.3) is 0 Å². The molecular weight excluding hydrogens is 186 g/mol. The van der Waals surface area contributed by atoms with E-state index < -0.39 is 0 Å². The highest BCUT2D eigenvalue weighted by molar-refractivity contribution is 5.24. The van der Waals surface area contributed by atoms with Gasteiger partial charge in [-0.2, -0.15) is 0 Å². The highest BCUT2D eigenvalue weighted by atomic mass is 16.3. The fourth-order valence-electron chi connectivity index (χ4n) is 1.73. The predicted molar refractivity (Wildman–Crippen MR) is 63.8 cm³/mol. The van der Waals surface area contributed by atoms with E-state index in [1.807, 2.05) is 6.92 Å². The van der Waals surface area contributed by atoms with E-state index in [0.29, 0.717) is 0 Å². The molecule has 15 heavy (non-hydrogen) atoms. The highest BCUT2D eigenvalue weighted by Gasteiger charge is 2.00. The molecule has 0 fully saturated rings. The van der Waals surface area contributed by atoms with Crippen LogP contribution in [0.2, 0.25) is 0 Å². The minimum absolute atomic E-state index is 0.260. The van der Waals surface area contributed by atoms with E-state index >= 15 is 0 Å². The smallest absolute Gasteiger partial charge is 0.0552 e. The maximum Gasteiger partial charge on any atom is 0.0552 e. The SMILES string of the molecule is CC(O)Cc1cccc(CCCCN)c1. The molecule has 0 aromatic heterocycles. The molecule has 1 unspecified atom stereocenters. The zero-order valence-corrected chi connectivity index (χ0v) is 9.45. The molecule has 2 heteroatoms. The molecule has 1 aromatic rings. The van der Waals surface area contributed by atoms with E-state index in [2.05, 4.69) is 24.3 Å². The minimum atomic E-state index is -0.260. The van der Waals surface area contributed by atoms with Crippen LogP contribution in [0.3, 0.4) is 0 Å². The lowest BCUT2D eigenvalue weighted by Gasteiger charge is -2.06. The maximum atomic E-state index is 9.29. The molecule has 0 saturated heterocycles. The van der Waals surface area contributed by atoms with Crippen molar-refractivity contribution >= 4 is 0 Å². The van der Waals surface area contributed by atoms with Crippen LogP contribution >= 0.6 is 0 Å². The van der Waals surface area contributed by atoms with Gasteiger partial charge in [-0.1, -0.05) is 24.3 Å². The molecular formula is C13H21NO. The lowest BCUT2D eigenvalue weighted by Crippen LogP contribution is -2.04. The number of aliphatic hydroxyl groups is 1. The van der Waals surface area contributed by atoms with Crippen molar-refractivity contribution in [2.45, 2.75) is 38.7 Å². The quantitative estimate of drug-likeness (QED) is 0.700. The molecule has 0 amide bonds. The molecule has 84 valence electrons. The molecule has 1 rings (SSSR count). The Balaban J connectivity index is 2.50. The first-order valence-electron chi connectivity index (χ1n) is 5.68. The van der Waals surface area contributed by atoms with Gasteiger partial charge in [0.15, 0.2) is 0 Å². The van der Waals surface area contributed by atoms with E-state index in [-0.39, 0.29) is 6.10 Å². The van der Waals surface area contributed by atoms with Gasteiger partial charge in [-0.05, 0) is 50.3 Å². The Labute approximate surface area is 92.1 Å². The van der Waals surface area contributed by atoms with Crippen LogP contribution < -0.4 is 5.73 Å². The molecule has 2 nitrogen and oxygen atoms in total. The summed E-state index contributed by atoms with van der Waals surface area (Å²) >= 11 is 0. The lowest BCUT2D eigenvalue weighted by atomic mass is 10.0. The summed E-state index contributed by atoms with van der Waals surface area (Å²) in [5.41, 5.74) is 8.02. The second-order valence-corrected chi connectivity index (χ2v) is 4.12. The van der Waals surface area contributed by atoms with Crippen LogP contribution in [0, 0.1) is 0 Å². The van der Waals surface area contributed by atoms with Gasteiger partial charge < -0.3 is 10.8 Å². The normalized spacial score (nSPS) is 12.7. The molecule has 0 heterocycles. The Morgan fingerprint density at radius 3 is 2.67 bits per heavy atom. The van der Waals surface area contributed by atoms with Crippen molar-refractivity contribution in [2.75, 3.05) is 6.54 Å². The van der Waals surface area contributed by atoms with Crippen molar-refractivity contribution in [1.29, 1.82) is 0 Å². The fraction of sp³-hybridized carbons (Fsp3) is 0.538. The third-order valence-electron chi connectivity index (χ3n) is 2.44. The van der Waals surface area contributed by atoms with Crippen molar-refractivity contribution < 1.29 is 5.11 Å². The van der Waals surface area contributed by atoms with Gasteiger partial charge >= 0.3 is 0 Å². The topological polar surface area (TPSA) is 46.2 Å². The first-order chi connectivity index (χ1) is 7.22. The number of aliphatic hydroxyl groups excluding tert-OH is 1. The number of rotatable bonds is 6. The Bertz CT molecular complexity index is 284. The van der Waals surface area contributed by atoms with Crippen molar-refractivity contribution in [3.8, 4) is 0 Å². The first kappa shape index (κ1) is 12.2. The fourth-order valence-corrected chi connectivity index (χ4v) is 1.73. The molecule has 0 aliphatic heterocycles. The number of unbranched alkanes of at least 4 members (excludes halogenated alkanes) is 1. The number of aryl methyl sites for hydroxylation is 1. The lowest BCUT2D eigenvalue weighted by molar-refractivity contribution is 0.195. The van der Waals surface area contributed by atoms with E-state index in [1.165, 1.54) is 11.1 Å². The van der Waals surface area contributed by atoms with Crippen molar-refractivity contribution in [3.05, 3.63) is 35.4 Å². The van der Waals surface area contributed by atoms with Crippen LogP contribution in [0.5, 0.6) is 0 Å². The van der Waals surface area contributed by atoms with Crippen LogP contribution in [0.15, 0.2) is 24.3 Å². The summed E-state index contributed by atoms with van der Waals surface area (Å²) in [6.45, 7) is 2.59. The third kappa shape index (κ3) is 4.96. The monoisotopic (exact) mass is 207 g/mol. The molecule has 1 aromatic carbocycles. The molecule has 0 aliphatic rings. The van der Waals surface area contributed by atoms with Gasteiger partial charge in [0, 0.05) is 0 Å². The second kappa shape index (κ2) is 6.59. The van der Waals surface area contributed by atoms with Crippen LogP contribution in [0.25, 0.3) is 0 Å². The molecule has 3 N–H and O–H groups in total. The summed E-state index contributed by atoms with van der Waals surface area (Å²) < 4.78 is 0. The summed E-state index contributed by atoms with van der Waals surface area (Å²) in [5.74, 6) is 0. The average Bonchev–Trinajstić information content (AvgIpc) is 2.18. The van der Waals surface area contributed by atoms with Gasteiger partial charge in [-0.25, -0.2) is 0 Å². The van der Waals surface area contributed by atoms with Gasteiger partial charge in [0.2, 0.25) is 0 Å². The number of hydrogen-bond acceptors (Lipinski definition) is 2. The van der Waals surface area contributed by atoms with Crippen LogP contribution in [-0.4, -0.2) is 17.8 Å². The van der Waals surface area contributed by atoms with Crippen LogP contribution in [0.1, 0.15) is 30.9 Å². The number of hydrogen-bond donors (Lipinski definition) is 2. The van der Waals surface area contributed by atoms with E-state index in [9.17, 15) is 5.11 Å². The van der Waals surface area contributed by atoms with Gasteiger partial charge in [0.1, 0.15) is 0 Å². The summed E-state index contributed by atoms with van der Waals surface area (Å²) in [6, 6.07) is 8.46. The van der Waals surface area contributed by atoms with Crippen molar-refractivity contribution in [1.82, 2.24) is 0 Å². The summed E-state index contributed by atoms with van der Waals surface area (Å²) in [6.07, 6.45) is 3.80. The summed E-state index contributed by atoms with van der Waals surface area (Å²) in [5, 5.41) is 9.29. The number of benzene rings is 1. The van der Waals surface area contributed by atoms with Gasteiger partial charge in [0.05, 0.1) is 6.10 Å². The molecule has 0 aliphatic carbocycles. The molecule has 0 radical (unpaired) electrons. The first-order valence-corrected chi connectivity index (χ1v) is 5.68. The van der Waals surface area contributed by atoms with E-state index in [0.717, 1.165) is 32.2 Å². The second-order valence-electron chi connectivity index (χ2n) is 4.12. The number of nitrogens with two attached hydrogens (primary N) is 1. The standard InChI is InChI=1S/C13H21NO/c1-11(15)9-13-7-4-6-12(10-13)5-2-3-8-14/h4,6-7,10-11,15H,2-3,5,8-9,14H2,1H3. The predicted octanol–water partition coefficient (Wildman–Crippen LogP) is 1.89. The van der Waals surface area contributed by atoms with Crippen molar-refractivity contribution in [2.24, 2.45) is 5.73 Å². The third-order valence-corrected chi connectivity index (χ3v) is 2.44. The molecule has 0 saturated carbocycles. The van der Waals surface area contributed by atoms with Gasteiger partial charge in [-0.15, -0.1) is 0 Å². The van der Waals surface area contributed by atoms with Crippen molar-refractivity contribution in [3.63, 3.8) is 0 Å². The van der Waals surface area contributed by atoms with Gasteiger partial charge in [-0.3, -0.25) is 0 Å². The zero-order chi connectivity index (χ0) is 11.1. The zero-order valence-electron chi connectivity index (χ0n) is 9.45. The summed E-state index contributed by atoms with van der Waals surface area (Å²) in [4.78, 5) is 0. The van der Waals surface area contributed by atoms with Crippen LogP contribution in [-0.2, 0) is 12.8 Å². The van der Waals surface area contributed by atoms with E-state index in [1.54, 1.807) is 0 Å². The Kier molecular flexibility index (Phi) is 5.37. The molecule has 0 spiro atoms.